The molecule has 0 bridgehead atoms. The fraction of sp³-hybridized carbons (Fsp3) is 0.350. The molecule has 0 radical (unpaired) electrons. The molecule has 0 saturated carbocycles. The maximum Gasteiger partial charge on any atom is 0.261 e. The molecule has 128 valence electrons. The van der Waals surface area contributed by atoms with Crippen molar-refractivity contribution in [1.29, 1.82) is 0 Å². The number of methoxy groups -OCH3 is 1. The first-order valence-corrected chi connectivity index (χ1v) is 8.09. The summed E-state index contributed by atoms with van der Waals surface area (Å²) in [4.78, 5) is 12.3. The highest BCUT2D eigenvalue weighted by Gasteiger charge is 2.18. The van der Waals surface area contributed by atoms with Crippen molar-refractivity contribution in [2.24, 2.45) is 0 Å². The molecule has 2 aromatic rings. The van der Waals surface area contributed by atoms with E-state index in [-0.39, 0.29) is 11.9 Å². The monoisotopic (exact) mass is 327 g/mol. The van der Waals surface area contributed by atoms with E-state index in [9.17, 15) is 4.79 Å². The number of hydrogen-bond donors (Lipinski definition) is 1. The lowest BCUT2D eigenvalue weighted by Crippen LogP contribution is -2.37. The first kappa shape index (κ1) is 17.9. The number of carbonyl (C=O) groups excluding carboxylic acids is 1. The SMILES string of the molecule is COc1ccc(C(C)NC(=O)C(C)Oc2ccc(C)c(C)c2)cc1. The van der Waals surface area contributed by atoms with Crippen molar-refractivity contribution in [3.8, 4) is 11.5 Å². The Morgan fingerprint density at radius 2 is 1.58 bits per heavy atom. The van der Waals surface area contributed by atoms with Gasteiger partial charge in [-0.2, -0.15) is 0 Å². The fourth-order valence-electron chi connectivity index (χ4n) is 2.35. The number of benzene rings is 2. The molecule has 4 nitrogen and oxygen atoms in total. The first-order valence-electron chi connectivity index (χ1n) is 8.09. The third kappa shape index (κ3) is 4.51. The summed E-state index contributed by atoms with van der Waals surface area (Å²) in [6.45, 7) is 7.78. The van der Waals surface area contributed by atoms with E-state index in [0.717, 1.165) is 16.9 Å². The van der Waals surface area contributed by atoms with Crippen LogP contribution in [0, 0.1) is 13.8 Å². The summed E-state index contributed by atoms with van der Waals surface area (Å²) in [5, 5.41) is 2.97. The van der Waals surface area contributed by atoms with Crippen LogP contribution in [0.5, 0.6) is 11.5 Å². The summed E-state index contributed by atoms with van der Waals surface area (Å²) in [7, 11) is 1.63. The lowest BCUT2D eigenvalue weighted by atomic mass is 10.1. The number of hydrogen-bond acceptors (Lipinski definition) is 3. The smallest absolute Gasteiger partial charge is 0.261 e. The predicted octanol–water partition coefficient (Wildman–Crippen LogP) is 3.96. The fourth-order valence-corrected chi connectivity index (χ4v) is 2.35. The van der Waals surface area contributed by atoms with Crippen molar-refractivity contribution in [1.82, 2.24) is 5.32 Å². The Labute approximate surface area is 143 Å². The van der Waals surface area contributed by atoms with Crippen molar-refractivity contribution in [2.45, 2.75) is 39.8 Å². The number of nitrogens with one attached hydrogen (secondary N) is 1. The minimum Gasteiger partial charge on any atom is -0.497 e. The minimum absolute atomic E-state index is 0.103. The molecule has 2 atom stereocenters. The van der Waals surface area contributed by atoms with Crippen LogP contribution >= 0.6 is 0 Å². The molecule has 0 aliphatic carbocycles. The minimum atomic E-state index is -0.562. The summed E-state index contributed by atoms with van der Waals surface area (Å²) in [6.07, 6.45) is -0.562. The van der Waals surface area contributed by atoms with Crippen LogP contribution in [0.2, 0.25) is 0 Å². The molecule has 0 aromatic heterocycles. The van der Waals surface area contributed by atoms with E-state index in [0.29, 0.717) is 5.75 Å². The van der Waals surface area contributed by atoms with Crippen LogP contribution in [0.25, 0.3) is 0 Å². The van der Waals surface area contributed by atoms with E-state index in [2.05, 4.69) is 5.32 Å². The quantitative estimate of drug-likeness (QED) is 0.874. The molecule has 0 aliphatic rings. The first-order chi connectivity index (χ1) is 11.4. The van der Waals surface area contributed by atoms with Crippen LogP contribution in [0.15, 0.2) is 42.5 Å². The average molecular weight is 327 g/mol. The Hall–Kier alpha value is -2.49. The van der Waals surface area contributed by atoms with Gasteiger partial charge in [-0.25, -0.2) is 0 Å². The molecule has 2 unspecified atom stereocenters. The molecular weight excluding hydrogens is 302 g/mol. The van der Waals surface area contributed by atoms with Gasteiger partial charge in [-0.3, -0.25) is 4.79 Å². The molecule has 0 heterocycles. The third-order valence-electron chi connectivity index (χ3n) is 4.14. The number of amides is 1. The largest absolute Gasteiger partial charge is 0.497 e. The van der Waals surface area contributed by atoms with E-state index in [1.165, 1.54) is 5.56 Å². The molecule has 2 rings (SSSR count). The van der Waals surface area contributed by atoms with Gasteiger partial charge in [-0.15, -0.1) is 0 Å². The molecule has 2 aromatic carbocycles. The maximum atomic E-state index is 12.3. The Morgan fingerprint density at radius 1 is 0.958 bits per heavy atom. The second-order valence-electron chi connectivity index (χ2n) is 6.01. The van der Waals surface area contributed by atoms with Crippen molar-refractivity contribution < 1.29 is 14.3 Å². The van der Waals surface area contributed by atoms with Gasteiger partial charge in [0.25, 0.3) is 5.91 Å². The van der Waals surface area contributed by atoms with Crippen molar-refractivity contribution in [3.05, 3.63) is 59.2 Å². The molecule has 1 amide bonds. The van der Waals surface area contributed by atoms with Crippen LogP contribution in [0.4, 0.5) is 0 Å². The summed E-state index contributed by atoms with van der Waals surface area (Å²) in [5.41, 5.74) is 3.36. The van der Waals surface area contributed by atoms with Gasteiger partial charge in [0.05, 0.1) is 13.2 Å². The van der Waals surface area contributed by atoms with Gasteiger partial charge in [0.1, 0.15) is 11.5 Å². The van der Waals surface area contributed by atoms with Crippen LogP contribution in [0.1, 0.15) is 36.6 Å². The zero-order valence-electron chi connectivity index (χ0n) is 14.9. The summed E-state index contributed by atoms with van der Waals surface area (Å²) in [6, 6.07) is 13.4. The molecule has 0 spiro atoms. The summed E-state index contributed by atoms with van der Waals surface area (Å²) in [5.74, 6) is 1.36. The van der Waals surface area contributed by atoms with Gasteiger partial charge in [-0.1, -0.05) is 18.2 Å². The zero-order valence-corrected chi connectivity index (χ0v) is 14.9. The van der Waals surface area contributed by atoms with Crippen LogP contribution < -0.4 is 14.8 Å². The number of rotatable bonds is 6. The van der Waals surface area contributed by atoms with Gasteiger partial charge in [0.2, 0.25) is 0 Å². The summed E-state index contributed by atoms with van der Waals surface area (Å²) >= 11 is 0. The maximum absolute atomic E-state index is 12.3. The third-order valence-corrected chi connectivity index (χ3v) is 4.14. The van der Waals surface area contributed by atoms with Crippen molar-refractivity contribution in [2.75, 3.05) is 7.11 Å². The van der Waals surface area contributed by atoms with E-state index in [1.807, 2.05) is 63.2 Å². The molecule has 24 heavy (non-hydrogen) atoms. The Bertz CT molecular complexity index is 695. The van der Waals surface area contributed by atoms with Crippen molar-refractivity contribution >= 4 is 5.91 Å². The predicted molar refractivity (Wildman–Crippen MR) is 95.6 cm³/mol. The van der Waals surface area contributed by atoms with Gasteiger partial charge >= 0.3 is 0 Å². The van der Waals surface area contributed by atoms with Crippen LogP contribution in [0.3, 0.4) is 0 Å². The van der Waals surface area contributed by atoms with Gasteiger partial charge < -0.3 is 14.8 Å². The lowest BCUT2D eigenvalue weighted by molar-refractivity contribution is -0.127. The highest BCUT2D eigenvalue weighted by molar-refractivity contribution is 5.81. The van der Waals surface area contributed by atoms with E-state index >= 15 is 0 Å². The van der Waals surface area contributed by atoms with E-state index < -0.39 is 6.10 Å². The topological polar surface area (TPSA) is 47.6 Å². The highest BCUT2D eigenvalue weighted by Crippen LogP contribution is 2.19. The zero-order chi connectivity index (χ0) is 17.7. The average Bonchev–Trinajstić information content (AvgIpc) is 2.58. The highest BCUT2D eigenvalue weighted by atomic mass is 16.5. The number of ether oxygens (including phenoxy) is 2. The molecule has 0 fully saturated rings. The second kappa shape index (κ2) is 7.86. The van der Waals surface area contributed by atoms with E-state index in [4.69, 9.17) is 9.47 Å². The molecule has 0 saturated heterocycles. The van der Waals surface area contributed by atoms with Gasteiger partial charge in [-0.05, 0) is 68.7 Å². The number of aryl methyl sites for hydroxylation is 2. The van der Waals surface area contributed by atoms with Gasteiger partial charge in [0, 0.05) is 0 Å². The molecular formula is C20H25NO3. The summed E-state index contributed by atoms with van der Waals surface area (Å²) < 4.78 is 10.9. The Balaban J connectivity index is 1.95. The second-order valence-corrected chi connectivity index (χ2v) is 6.01. The van der Waals surface area contributed by atoms with E-state index in [1.54, 1.807) is 14.0 Å². The standard InChI is InChI=1S/C20H25NO3/c1-13-6-9-19(12-14(13)2)24-16(4)20(22)21-15(3)17-7-10-18(23-5)11-8-17/h6-12,15-16H,1-5H3,(H,21,22). The van der Waals surface area contributed by atoms with Crippen molar-refractivity contribution in [3.63, 3.8) is 0 Å². The molecule has 1 N–H and O–H groups in total. The van der Waals surface area contributed by atoms with Gasteiger partial charge in [0.15, 0.2) is 6.10 Å². The number of carbonyl (C=O) groups is 1. The normalized spacial score (nSPS) is 13.0. The molecule has 0 aliphatic heterocycles. The van der Waals surface area contributed by atoms with Crippen LogP contribution in [-0.4, -0.2) is 19.1 Å². The molecule has 4 heteroatoms. The lowest BCUT2D eigenvalue weighted by Gasteiger charge is -2.19. The van der Waals surface area contributed by atoms with Crippen LogP contribution in [-0.2, 0) is 4.79 Å². The Kier molecular flexibility index (Phi) is 5.85. The Morgan fingerprint density at radius 3 is 2.17 bits per heavy atom.